The molecule has 1 aromatic heterocycles. The predicted octanol–water partition coefficient (Wildman–Crippen LogP) is 4.97. The Balaban J connectivity index is 2.24. The first-order chi connectivity index (χ1) is 8.47. The summed E-state index contributed by atoms with van der Waals surface area (Å²) in [5.41, 5.74) is 1.28. The van der Waals surface area contributed by atoms with Crippen molar-refractivity contribution in [2.24, 2.45) is 0 Å². The van der Waals surface area contributed by atoms with E-state index in [9.17, 15) is 9.18 Å². The molecule has 0 spiro atoms. The molecule has 0 radical (unpaired) electrons. The van der Waals surface area contributed by atoms with Crippen LogP contribution >= 0.6 is 43.2 Å². The van der Waals surface area contributed by atoms with Gasteiger partial charge in [-0.3, -0.25) is 4.79 Å². The number of aryl methyl sites for hydroxylation is 1. The van der Waals surface area contributed by atoms with E-state index in [1.165, 1.54) is 17.4 Å². The van der Waals surface area contributed by atoms with E-state index in [1.54, 1.807) is 19.1 Å². The zero-order valence-corrected chi connectivity index (χ0v) is 13.2. The summed E-state index contributed by atoms with van der Waals surface area (Å²) in [4.78, 5) is 12.5. The molecule has 0 aliphatic carbocycles. The Labute approximate surface area is 124 Å². The minimum atomic E-state index is -0.343. The third kappa shape index (κ3) is 2.99. The van der Waals surface area contributed by atoms with E-state index in [1.807, 2.05) is 6.07 Å². The van der Waals surface area contributed by atoms with Crippen LogP contribution in [0.4, 0.5) is 10.1 Å². The second-order valence-corrected chi connectivity index (χ2v) is 6.96. The SMILES string of the molecule is Cc1cc(F)c(Br)cc1NC(=O)c1ccc(Br)s1. The van der Waals surface area contributed by atoms with Gasteiger partial charge in [0.2, 0.25) is 0 Å². The minimum Gasteiger partial charge on any atom is -0.321 e. The third-order valence-electron chi connectivity index (χ3n) is 2.31. The van der Waals surface area contributed by atoms with Crippen molar-refractivity contribution in [2.75, 3.05) is 5.32 Å². The quantitative estimate of drug-likeness (QED) is 0.767. The van der Waals surface area contributed by atoms with Gasteiger partial charge in [-0.15, -0.1) is 11.3 Å². The van der Waals surface area contributed by atoms with Crippen molar-refractivity contribution < 1.29 is 9.18 Å². The summed E-state index contributed by atoms with van der Waals surface area (Å²) in [5.74, 6) is -0.545. The van der Waals surface area contributed by atoms with Crippen molar-refractivity contribution in [3.8, 4) is 0 Å². The first kappa shape index (κ1) is 13.7. The van der Waals surface area contributed by atoms with Gasteiger partial charge in [0.05, 0.1) is 13.1 Å². The molecule has 0 atom stereocenters. The summed E-state index contributed by atoms with van der Waals surface area (Å²) >= 11 is 7.75. The number of rotatable bonds is 2. The van der Waals surface area contributed by atoms with Crippen LogP contribution in [0.3, 0.4) is 0 Å². The number of anilines is 1. The molecule has 0 aliphatic rings. The molecule has 1 heterocycles. The number of carbonyl (C=O) groups excluding carboxylic acids is 1. The van der Waals surface area contributed by atoms with E-state index >= 15 is 0 Å². The molecule has 0 saturated heterocycles. The van der Waals surface area contributed by atoms with E-state index in [4.69, 9.17) is 0 Å². The smallest absolute Gasteiger partial charge is 0.265 e. The lowest BCUT2D eigenvalue weighted by atomic mass is 10.2. The lowest BCUT2D eigenvalue weighted by Crippen LogP contribution is -2.11. The van der Waals surface area contributed by atoms with Gasteiger partial charge < -0.3 is 5.32 Å². The highest BCUT2D eigenvalue weighted by atomic mass is 79.9. The second kappa shape index (κ2) is 5.50. The molecule has 94 valence electrons. The minimum absolute atomic E-state index is 0.202. The largest absolute Gasteiger partial charge is 0.321 e. The van der Waals surface area contributed by atoms with Crippen molar-refractivity contribution in [1.29, 1.82) is 0 Å². The highest BCUT2D eigenvalue weighted by molar-refractivity contribution is 9.11. The average molecular weight is 393 g/mol. The average Bonchev–Trinajstić information content (AvgIpc) is 2.73. The van der Waals surface area contributed by atoms with Crippen LogP contribution in [0.5, 0.6) is 0 Å². The first-order valence-electron chi connectivity index (χ1n) is 4.99. The predicted molar refractivity (Wildman–Crippen MR) is 78.8 cm³/mol. The van der Waals surface area contributed by atoms with Crippen LogP contribution in [0.1, 0.15) is 15.2 Å². The lowest BCUT2D eigenvalue weighted by molar-refractivity contribution is 0.103. The fourth-order valence-electron chi connectivity index (χ4n) is 1.40. The van der Waals surface area contributed by atoms with Crippen molar-refractivity contribution >= 4 is 54.8 Å². The fourth-order valence-corrected chi connectivity index (χ4v) is 3.03. The molecule has 0 fully saturated rings. The van der Waals surface area contributed by atoms with Gasteiger partial charge in [-0.05, 0) is 68.6 Å². The molecule has 1 amide bonds. The molecule has 0 bridgehead atoms. The van der Waals surface area contributed by atoms with Crippen LogP contribution in [-0.4, -0.2) is 5.91 Å². The molecule has 0 saturated carbocycles. The summed E-state index contributed by atoms with van der Waals surface area (Å²) in [6.45, 7) is 1.75. The van der Waals surface area contributed by atoms with Crippen molar-refractivity contribution in [3.05, 3.63) is 48.8 Å². The maximum absolute atomic E-state index is 13.3. The van der Waals surface area contributed by atoms with Crippen molar-refractivity contribution in [1.82, 2.24) is 0 Å². The zero-order valence-electron chi connectivity index (χ0n) is 9.26. The molecule has 6 heteroatoms. The Kier molecular flexibility index (Phi) is 4.19. The van der Waals surface area contributed by atoms with E-state index in [2.05, 4.69) is 37.2 Å². The standard InChI is InChI=1S/C12H8Br2FNOS/c1-6-4-8(15)7(13)5-9(6)16-12(17)10-2-3-11(14)18-10/h2-5H,1H3,(H,16,17). The molecule has 1 N–H and O–H groups in total. The maximum Gasteiger partial charge on any atom is 0.265 e. The van der Waals surface area contributed by atoms with E-state index in [0.717, 1.165) is 3.79 Å². The number of thiophene rings is 1. The summed E-state index contributed by atoms with van der Waals surface area (Å²) in [7, 11) is 0. The van der Waals surface area contributed by atoms with E-state index < -0.39 is 0 Å². The van der Waals surface area contributed by atoms with Crippen LogP contribution in [0.2, 0.25) is 0 Å². The second-order valence-electron chi connectivity index (χ2n) is 3.64. The number of hydrogen-bond donors (Lipinski definition) is 1. The maximum atomic E-state index is 13.3. The summed E-state index contributed by atoms with van der Waals surface area (Å²) in [6, 6.07) is 6.49. The molecule has 0 aliphatic heterocycles. The van der Waals surface area contributed by atoms with E-state index in [0.29, 0.717) is 20.6 Å². The number of hydrogen-bond acceptors (Lipinski definition) is 2. The molecule has 0 unspecified atom stereocenters. The van der Waals surface area contributed by atoms with Gasteiger partial charge in [0.25, 0.3) is 5.91 Å². The molecule has 2 aromatic rings. The molecule has 2 nitrogen and oxygen atoms in total. The number of amides is 1. The monoisotopic (exact) mass is 391 g/mol. The van der Waals surface area contributed by atoms with Gasteiger partial charge in [-0.1, -0.05) is 0 Å². The zero-order chi connectivity index (χ0) is 13.3. The summed E-state index contributed by atoms with van der Waals surface area (Å²) in [6.07, 6.45) is 0. The Morgan fingerprint density at radius 3 is 2.67 bits per heavy atom. The molecule has 18 heavy (non-hydrogen) atoms. The molecule has 2 rings (SSSR count). The van der Waals surface area contributed by atoms with Gasteiger partial charge in [-0.2, -0.15) is 0 Å². The van der Waals surface area contributed by atoms with Gasteiger partial charge in [0.1, 0.15) is 5.82 Å². The Morgan fingerprint density at radius 2 is 2.06 bits per heavy atom. The first-order valence-corrected chi connectivity index (χ1v) is 7.40. The Morgan fingerprint density at radius 1 is 1.33 bits per heavy atom. The van der Waals surface area contributed by atoms with Gasteiger partial charge >= 0.3 is 0 Å². The number of nitrogens with one attached hydrogen (secondary N) is 1. The molecular formula is C12H8Br2FNOS. The normalized spacial score (nSPS) is 10.4. The highest BCUT2D eigenvalue weighted by Gasteiger charge is 2.12. The third-order valence-corrected chi connectivity index (χ3v) is 4.54. The number of carbonyl (C=O) groups is 1. The van der Waals surface area contributed by atoms with Crippen molar-refractivity contribution in [3.63, 3.8) is 0 Å². The van der Waals surface area contributed by atoms with Gasteiger partial charge in [0.15, 0.2) is 0 Å². The van der Waals surface area contributed by atoms with Crippen LogP contribution in [0.25, 0.3) is 0 Å². The van der Waals surface area contributed by atoms with Crippen LogP contribution in [0.15, 0.2) is 32.5 Å². The topological polar surface area (TPSA) is 29.1 Å². The van der Waals surface area contributed by atoms with E-state index in [-0.39, 0.29) is 11.7 Å². The number of halogens is 3. The summed E-state index contributed by atoms with van der Waals surface area (Å²) in [5, 5.41) is 2.76. The van der Waals surface area contributed by atoms with Crippen LogP contribution in [0, 0.1) is 12.7 Å². The van der Waals surface area contributed by atoms with Crippen LogP contribution < -0.4 is 5.32 Å². The Hall–Kier alpha value is -0.720. The molecular weight excluding hydrogens is 385 g/mol. The highest BCUT2D eigenvalue weighted by Crippen LogP contribution is 2.26. The van der Waals surface area contributed by atoms with Gasteiger partial charge in [0, 0.05) is 5.69 Å². The molecule has 1 aromatic carbocycles. The number of benzene rings is 1. The van der Waals surface area contributed by atoms with Gasteiger partial charge in [-0.25, -0.2) is 4.39 Å². The Bertz CT molecular complexity index is 612. The lowest BCUT2D eigenvalue weighted by Gasteiger charge is -2.08. The summed E-state index contributed by atoms with van der Waals surface area (Å²) < 4.78 is 14.5. The van der Waals surface area contributed by atoms with Crippen LogP contribution in [-0.2, 0) is 0 Å². The fraction of sp³-hybridized carbons (Fsp3) is 0.0833. The van der Waals surface area contributed by atoms with Crippen molar-refractivity contribution in [2.45, 2.75) is 6.92 Å².